The summed E-state index contributed by atoms with van der Waals surface area (Å²) in [5.74, 6) is 3.06. The van der Waals surface area contributed by atoms with E-state index in [1.807, 2.05) is 19.1 Å². The molecule has 27 heavy (non-hydrogen) atoms. The van der Waals surface area contributed by atoms with Gasteiger partial charge in [-0.15, -0.1) is 0 Å². The lowest BCUT2D eigenvalue weighted by Gasteiger charge is -2.32. The van der Waals surface area contributed by atoms with Crippen LogP contribution in [0.15, 0.2) is 24.3 Å². The molecule has 0 radical (unpaired) electrons. The Balaban J connectivity index is 1.51. The fraction of sp³-hybridized carbons (Fsp3) is 0.571. The number of hydrogen-bond donors (Lipinski definition) is 0. The number of fused-ring (bicyclic) bond motifs is 2. The van der Waals surface area contributed by atoms with Crippen molar-refractivity contribution in [2.24, 2.45) is 23.7 Å². The van der Waals surface area contributed by atoms with E-state index in [0.717, 1.165) is 42.4 Å². The first kappa shape index (κ1) is 18.2. The van der Waals surface area contributed by atoms with Crippen LogP contribution in [0.5, 0.6) is 17.2 Å². The molecule has 0 amide bonds. The number of rotatable bonds is 5. The van der Waals surface area contributed by atoms with Gasteiger partial charge < -0.3 is 18.9 Å². The molecular formula is C21H27NO5. The molecule has 3 aliphatic rings. The Morgan fingerprint density at radius 3 is 2.74 bits per heavy atom. The van der Waals surface area contributed by atoms with E-state index in [9.17, 15) is 4.79 Å². The van der Waals surface area contributed by atoms with Gasteiger partial charge in [-0.2, -0.15) is 0 Å². The molecule has 6 heteroatoms. The van der Waals surface area contributed by atoms with Crippen molar-refractivity contribution in [1.29, 1.82) is 0 Å². The number of nitrogens with zero attached hydrogens (tertiary/aromatic N) is 1. The highest BCUT2D eigenvalue weighted by molar-refractivity contribution is 5.74. The van der Waals surface area contributed by atoms with Crippen LogP contribution >= 0.6 is 0 Å². The summed E-state index contributed by atoms with van der Waals surface area (Å²) in [4.78, 5) is 14.9. The molecule has 4 atom stereocenters. The highest BCUT2D eigenvalue weighted by Crippen LogP contribution is 2.42. The number of ether oxygens (including phenoxy) is 4. The minimum atomic E-state index is -0.0661. The predicted octanol–water partition coefficient (Wildman–Crippen LogP) is 2.86. The zero-order valence-electron chi connectivity index (χ0n) is 16.1. The Morgan fingerprint density at radius 1 is 1.22 bits per heavy atom. The van der Waals surface area contributed by atoms with Gasteiger partial charge in [0.05, 0.1) is 19.6 Å². The van der Waals surface area contributed by atoms with Crippen molar-refractivity contribution in [3.63, 3.8) is 0 Å². The zero-order valence-corrected chi connectivity index (χ0v) is 16.1. The molecule has 0 N–H and O–H groups in total. The lowest BCUT2D eigenvalue weighted by Crippen LogP contribution is -2.37. The summed E-state index contributed by atoms with van der Waals surface area (Å²) in [6.45, 7) is 7.22. The van der Waals surface area contributed by atoms with Crippen LogP contribution in [-0.4, -0.2) is 44.5 Å². The second kappa shape index (κ2) is 7.43. The molecule has 146 valence electrons. The Bertz CT molecular complexity index is 746. The van der Waals surface area contributed by atoms with Crippen LogP contribution in [0.4, 0.5) is 0 Å². The minimum absolute atomic E-state index is 0.0631. The predicted molar refractivity (Wildman–Crippen MR) is 99.8 cm³/mol. The summed E-state index contributed by atoms with van der Waals surface area (Å²) in [6, 6.07) is 3.90. The molecule has 1 aliphatic carbocycles. The van der Waals surface area contributed by atoms with Gasteiger partial charge in [-0.05, 0) is 30.7 Å². The molecule has 2 heterocycles. The molecule has 6 nitrogen and oxygen atoms in total. The van der Waals surface area contributed by atoms with Gasteiger partial charge in [0.1, 0.15) is 5.75 Å². The summed E-state index contributed by atoms with van der Waals surface area (Å²) in [6.07, 6.45) is 4.45. The van der Waals surface area contributed by atoms with Crippen LogP contribution in [0.2, 0.25) is 0 Å². The molecule has 1 aromatic rings. The Morgan fingerprint density at radius 2 is 2.00 bits per heavy atom. The summed E-state index contributed by atoms with van der Waals surface area (Å²) in [7, 11) is 1.67. The van der Waals surface area contributed by atoms with Crippen LogP contribution in [0.25, 0.3) is 0 Å². The molecular weight excluding hydrogens is 346 g/mol. The maximum Gasteiger partial charge on any atom is 0.309 e. The Hall–Kier alpha value is -2.21. The van der Waals surface area contributed by atoms with Crippen LogP contribution in [0.1, 0.15) is 19.4 Å². The molecule has 0 unspecified atom stereocenters. The van der Waals surface area contributed by atoms with Crippen molar-refractivity contribution in [3.8, 4) is 17.2 Å². The number of carbonyl (C=O) groups excluding carboxylic acids is 1. The normalized spacial score (nSPS) is 28.9. The van der Waals surface area contributed by atoms with E-state index < -0.39 is 0 Å². The molecule has 0 saturated carbocycles. The quantitative estimate of drug-likeness (QED) is 0.584. The monoisotopic (exact) mass is 373 g/mol. The largest absolute Gasteiger partial charge is 0.496 e. The molecule has 0 spiro atoms. The standard InChI is InChI=1S/C21H27NO5/c1-4-25-21(23)20-13(2)5-6-14-9-22(11-16(14)20)10-15-7-18-19(27-12-26-18)8-17(15)24-3/h5-8,13-14,16,20H,4,9-12H2,1-3H3/t13-,14-,16-,20-/m0/s1. The second-order valence-electron chi connectivity index (χ2n) is 7.56. The van der Waals surface area contributed by atoms with Gasteiger partial charge in [0.15, 0.2) is 11.5 Å². The molecule has 1 aromatic carbocycles. The fourth-order valence-corrected chi connectivity index (χ4v) is 4.63. The lowest BCUT2D eigenvalue weighted by atomic mass is 9.72. The third-order valence-electron chi connectivity index (χ3n) is 5.91. The summed E-state index contributed by atoms with van der Waals surface area (Å²) in [5.41, 5.74) is 1.07. The summed E-state index contributed by atoms with van der Waals surface area (Å²) < 4.78 is 21.9. The highest BCUT2D eigenvalue weighted by atomic mass is 16.7. The van der Waals surface area contributed by atoms with E-state index in [4.69, 9.17) is 18.9 Å². The number of likely N-dealkylation sites (tertiary alicyclic amines) is 1. The third kappa shape index (κ3) is 3.38. The fourth-order valence-electron chi connectivity index (χ4n) is 4.63. The molecule has 4 rings (SSSR count). The number of esters is 1. The van der Waals surface area contributed by atoms with Crippen LogP contribution < -0.4 is 14.2 Å². The summed E-state index contributed by atoms with van der Waals surface area (Å²) >= 11 is 0. The van der Waals surface area contributed by atoms with Crippen molar-refractivity contribution in [3.05, 3.63) is 29.8 Å². The van der Waals surface area contributed by atoms with Gasteiger partial charge >= 0.3 is 5.97 Å². The van der Waals surface area contributed by atoms with Crippen molar-refractivity contribution >= 4 is 5.97 Å². The minimum Gasteiger partial charge on any atom is -0.496 e. The number of hydrogen-bond acceptors (Lipinski definition) is 6. The zero-order chi connectivity index (χ0) is 19.0. The first-order chi connectivity index (χ1) is 13.1. The lowest BCUT2D eigenvalue weighted by molar-refractivity contribution is -0.152. The molecule has 2 aliphatic heterocycles. The number of allylic oxidation sites excluding steroid dienone is 1. The highest BCUT2D eigenvalue weighted by Gasteiger charge is 2.44. The van der Waals surface area contributed by atoms with Gasteiger partial charge in [-0.3, -0.25) is 9.69 Å². The average Bonchev–Trinajstić information content (AvgIpc) is 3.26. The SMILES string of the molecule is CCOC(=O)[C@@H]1[C@H]2CN(Cc3cc4c(cc3OC)OCO4)C[C@@H]2C=C[C@@H]1C. The summed E-state index contributed by atoms with van der Waals surface area (Å²) in [5, 5.41) is 0. The molecule has 1 saturated heterocycles. The topological polar surface area (TPSA) is 57.2 Å². The number of benzene rings is 1. The van der Waals surface area contributed by atoms with E-state index in [0.29, 0.717) is 18.4 Å². The van der Waals surface area contributed by atoms with Gasteiger partial charge in [-0.25, -0.2) is 0 Å². The molecule has 0 aromatic heterocycles. The van der Waals surface area contributed by atoms with Gasteiger partial charge in [0, 0.05) is 31.3 Å². The van der Waals surface area contributed by atoms with Gasteiger partial charge in [0.2, 0.25) is 6.79 Å². The maximum atomic E-state index is 12.5. The van der Waals surface area contributed by atoms with Gasteiger partial charge in [0.25, 0.3) is 0 Å². The van der Waals surface area contributed by atoms with E-state index in [1.54, 1.807) is 7.11 Å². The van der Waals surface area contributed by atoms with Gasteiger partial charge in [-0.1, -0.05) is 19.1 Å². The van der Waals surface area contributed by atoms with Crippen molar-refractivity contribution in [1.82, 2.24) is 4.90 Å². The first-order valence-corrected chi connectivity index (χ1v) is 9.64. The van der Waals surface area contributed by atoms with E-state index in [2.05, 4.69) is 24.0 Å². The van der Waals surface area contributed by atoms with Crippen molar-refractivity contribution in [2.45, 2.75) is 20.4 Å². The Kier molecular flexibility index (Phi) is 5.00. The van der Waals surface area contributed by atoms with Crippen molar-refractivity contribution in [2.75, 3.05) is 33.6 Å². The smallest absolute Gasteiger partial charge is 0.309 e. The second-order valence-corrected chi connectivity index (χ2v) is 7.56. The first-order valence-electron chi connectivity index (χ1n) is 9.64. The average molecular weight is 373 g/mol. The van der Waals surface area contributed by atoms with E-state index in [-0.39, 0.29) is 24.6 Å². The molecule has 0 bridgehead atoms. The maximum absolute atomic E-state index is 12.5. The number of carbonyl (C=O) groups is 1. The van der Waals surface area contributed by atoms with Crippen LogP contribution in [0, 0.1) is 23.7 Å². The van der Waals surface area contributed by atoms with Crippen molar-refractivity contribution < 1.29 is 23.7 Å². The Labute approximate surface area is 160 Å². The molecule has 1 fully saturated rings. The van der Waals surface area contributed by atoms with Crippen LogP contribution in [0.3, 0.4) is 0 Å². The number of methoxy groups -OCH3 is 1. The third-order valence-corrected chi connectivity index (χ3v) is 5.91. The van der Waals surface area contributed by atoms with Crippen LogP contribution in [-0.2, 0) is 16.1 Å². The van der Waals surface area contributed by atoms with E-state index >= 15 is 0 Å². The van der Waals surface area contributed by atoms with E-state index in [1.165, 1.54) is 0 Å².